The molecule has 0 aromatic heterocycles. The molecule has 402 valence electrons. The summed E-state index contributed by atoms with van der Waals surface area (Å²) >= 11 is 1.41. The van der Waals surface area contributed by atoms with Crippen LogP contribution in [0.25, 0.3) is 0 Å². The number of nitrogens with zero attached hydrogens (tertiary/aromatic N) is 1. The van der Waals surface area contributed by atoms with Gasteiger partial charge in [-0.3, -0.25) is 19.3 Å². The van der Waals surface area contributed by atoms with Gasteiger partial charge in [0, 0.05) is 57.7 Å². The van der Waals surface area contributed by atoms with E-state index in [4.69, 9.17) is 28.4 Å². The molecule has 3 amide bonds. The van der Waals surface area contributed by atoms with Crippen LogP contribution in [0, 0.1) is 0 Å². The number of aliphatic hydroxyl groups excluding tert-OH is 14. The molecule has 4 aliphatic rings. The largest absolute Gasteiger partial charge is 0.387 e. The fourth-order valence-electron chi connectivity index (χ4n) is 6.90. The zero-order valence-corrected chi connectivity index (χ0v) is 40.1. The minimum absolute atomic E-state index is 0.0295. The Hall–Kier alpha value is -1.43. The number of aliphatic hydroxyl groups is 14. The maximum Gasteiger partial charge on any atom is 0.230 e. The zero-order chi connectivity index (χ0) is 51.3. The lowest BCUT2D eigenvalue weighted by atomic mass is 10.0. The average molecular weight is 1080 g/mol. The quantitative estimate of drug-likeness (QED) is 0.0298. The molecule has 0 aromatic rings. The summed E-state index contributed by atoms with van der Waals surface area (Å²) in [5, 5.41) is 151. The predicted molar refractivity (Wildman–Crippen MR) is 235 cm³/mol. The van der Waals surface area contributed by atoms with Crippen LogP contribution in [-0.2, 0) is 51.7 Å². The highest BCUT2D eigenvalue weighted by atomic mass is 33.1. The van der Waals surface area contributed by atoms with Gasteiger partial charge in [-0.25, -0.2) is 8.42 Å². The van der Waals surface area contributed by atoms with Gasteiger partial charge in [-0.15, -0.1) is 23.5 Å². The molecule has 0 radical (unpaired) electrons. The van der Waals surface area contributed by atoms with Crippen molar-refractivity contribution in [1.82, 2.24) is 20.9 Å². The van der Waals surface area contributed by atoms with E-state index in [9.17, 15) is 94.3 Å². The van der Waals surface area contributed by atoms with Crippen molar-refractivity contribution in [3.8, 4) is 0 Å². The second-order valence-electron chi connectivity index (χ2n) is 16.2. The summed E-state index contributed by atoms with van der Waals surface area (Å²) in [6, 6.07) is 0. The SMILES string of the molecule is CS(=O)(=O)SCCCCC(=O)NCCN(CCNC(=O)CS[C@@H]1O[C@H](O)[C@H](OC2O[C@H](O)[C@H](O)[C@H](O)[C@H]2O)[C@H](O)[C@H]1O)CCNC(=O)CS[C@@H]1O[C@H](O)[C@H](OC2O[C@H](O)[C@H](O)[C@H](O)[C@H]2O)[C@H](O)[C@H]1O. The van der Waals surface area contributed by atoms with Gasteiger partial charge in [0.25, 0.3) is 0 Å². The molecule has 0 spiro atoms. The molecule has 0 bridgehead atoms. The van der Waals surface area contributed by atoms with Crippen molar-refractivity contribution in [3.05, 3.63) is 0 Å². The minimum atomic E-state index is -3.20. The molecule has 33 heteroatoms. The Morgan fingerprint density at radius 1 is 0.507 bits per heavy atom. The number of rotatable bonds is 25. The van der Waals surface area contributed by atoms with Crippen molar-refractivity contribution in [2.45, 2.75) is 141 Å². The lowest BCUT2D eigenvalue weighted by Crippen LogP contribution is -2.63. The molecular formula is C36H64N4O25S4. The first-order valence-corrected chi connectivity index (χ1v) is 26.9. The maximum atomic E-state index is 12.8. The van der Waals surface area contributed by atoms with E-state index >= 15 is 0 Å². The first kappa shape index (κ1) is 60.1. The van der Waals surface area contributed by atoms with E-state index in [-0.39, 0.29) is 63.1 Å². The summed E-state index contributed by atoms with van der Waals surface area (Å²) in [5.74, 6) is -1.79. The van der Waals surface area contributed by atoms with Gasteiger partial charge >= 0.3 is 0 Å². The molecule has 17 N–H and O–H groups in total. The number of nitrogens with one attached hydrogen (secondary N) is 3. The summed E-state index contributed by atoms with van der Waals surface area (Å²) in [6.07, 6.45) is -31.8. The highest BCUT2D eigenvalue weighted by Crippen LogP contribution is 2.33. The Balaban J connectivity index is 1.22. The summed E-state index contributed by atoms with van der Waals surface area (Å²) in [4.78, 5) is 39.8. The van der Waals surface area contributed by atoms with E-state index in [1.54, 1.807) is 4.90 Å². The van der Waals surface area contributed by atoms with Gasteiger partial charge in [0.1, 0.15) is 84.1 Å². The molecule has 4 heterocycles. The molecule has 4 fully saturated rings. The second kappa shape index (κ2) is 28.3. The number of amides is 3. The van der Waals surface area contributed by atoms with Gasteiger partial charge in [0.2, 0.25) is 17.7 Å². The fraction of sp³-hybridized carbons (Fsp3) is 0.917. The highest BCUT2D eigenvalue weighted by Gasteiger charge is 2.52. The zero-order valence-electron chi connectivity index (χ0n) is 36.9. The molecule has 2 unspecified atom stereocenters. The molecule has 4 saturated heterocycles. The van der Waals surface area contributed by atoms with E-state index in [1.165, 1.54) is 0 Å². The van der Waals surface area contributed by atoms with Crippen molar-refractivity contribution >= 4 is 60.9 Å². The number of hydrogen-bond acceptors (Lipinski definition) is 29. The van der Waals surface area contributed by atoms with Crippen LogP contribution in [0.4, 0.5) is 0 Å². The van der Waals surface area contributed by atoms with Gasteiger partial charge in [-0.2, -0.15) is 0 Å². The Morgan fingerprint density at radius 2 is 0.899 bits per heavy atom. The molecule has 0 aromatic carbocycles. The minimum Gasteiger partial charge on any atom is -0.387 e. The van der Waals surface area contributed by atoms with Crippen LogP contribution in [-0.4, -0.2) is 287 Å². The number of carbonyl (C=O) groups is 3. The maximum absolute atomic E-state index is 12.8. The normalized spacial score (nSPS) is 38.7. The molecule has 29 nitrogen and oxygen atoms in total. The average Bonchev–Trinajstić information content (AvgIpc) is 3.29. The summed E-state index contributed by atoms with van der Waals surface area (Å²) in [5.41, 5.74) is -2.74. The Bertz CT molecular complexity index is 1630. The van der Waals surface area contributed by atoms with Gasteiger partial charge in [0.05, 0.1) is 11.5 Å². The number of carbonyl (C=O) groups excluding carboxylic acids is 3. The number of ether oxygens (including phenoxy) is 6. The Kier molecular flexibility index (Phi) is 24.7. The first-order chi connectivity index (χ1) is 32.4. The van der Waals surface area contributed by atoms with E-state index < -0.39 is 143 Å². The van der Waals surface area contributed by atoms with Crippen LogP contribution in [0.5, 0.6) is 0 Å². The van der Waals surface area contributed by atoms with E-state index in [0.717, 1.165) is 17.0 Å². The van der Waals surface area contributed by atoms with Crippen LogP contribution in [0.1, 0.15) is 19.3 Å². The van der Waals surface area contributed by atoms with Crippen molar-refractivity contribution in [2.75, 3.05) is 62.8 Å². The molecule has 0 aliphatic carbocycles. The lowest BCUT2D eigenvalue weighted by Gasteiger charge is -2.44. The molecule has 69 heavy (non-hydrogen) atoms. The fourth-order valence-corrected chi connectivity index (χ4v) is 10.7. The third-order valence-electron chi connectivity index (χ3n) is 10.8. The number of thioether (sulfide) groups is 2. The topological polar surface area (TPSA) is 463 Å². The van der Waals surface area contributed by atoms with Gasteiger partial charge in [0.15, 0.2) is 46.6 Å². The molecular weight excluding hydrogens is 1020 g/mol. The molecule has 4 rings (SSSR count). The van der Waals surface area contributed by atoms with Crippen molar-refractivity contribution in [1.29, 1.82) is 0 Å². The third-order valence-corrected chi connectivity index (χ3v) is 15.8. The summed E-state index contributed by atoms with van der Waals surface area (Å²) in [7, 11) is -2.42. The first-order valence-electron chi connectivity index (χ1n) is 21.5. The molecule has 0 saturated carbocycles. The summed E-state index contributed by atoms with van der Waals surface area (Å²) in [6.45, 7) is 0.791. The van der Waals surface area contributed by atoms with Crippen molar-refractivity contribution in [2.24, 2.45) is 0 Å². The Labute approximate surface area is 407 Å². The highest BCUT2D eigenvalue weighted by molar-refractivity contribution is 8.71. The van der Waals surface area contributed by atoms with E-state index in [2.05, 4.69) is 16.0 Å². The van der Waals surface area contributed by atoms with Crippen LogP contribution in [0.2, 0.25) is 0 Å². The van der Waals surface area contributed by atoms with Crippen LogP contribution < -0.4 is 16.0 Å². The summed E-state index contributed by atoms with van der Waals surface area (Å²) < 4.78 is 53.6. The predicted octanol–water partition coefficient (Wildman–Crippen LogP) is -9.96. The van der Waals surface area contributed by atoms with Crippen LogP contribution in [0.15, 0.2) is 0 Å². The third kappa shape index (κ3) is 18.2. The molecule has 4 aliphatic heterocycles. The van der Waals surface area contributed by atoms with E-state index in [1.807, 2.05) is 0 Å². The Morgan fingerprint density at radius 3 is 1.29 bits per heavy atom. The smallest absolute Gasteiger partial charge is 0.230 e. The van der Waals surface area contributed by atoms with Gasteiger partial charge < -0.3 is 116 Å². The lowest BCUT2D eigenvalue weighted by molar-refractivity contribution is -0.376. The van der Waals surface area contributed by atoms with Gasteiger partial charge in [-0.1, -0.05) is 0 Å². The molecule has 20 atom stereocenters. The van der Waals surface area contributed by atoms with Gasteiger partial charge in [-0.05, 0) is 23.6 Å². The van der Waals surface area contributed by atoms with Crippen LogP contribution >= 0.6 is 34.3 Å². The number of unbranched alkanes of at least 4 members (excludes halogenated alkanes) is 1. The van der Waals surface area contributed by atoms with Crippen molar-refractivity contribution in [3.63, 3.8) is 0 Å². The van der Waals surface area contributed by atoms with E-state index in [0.29, 0.717) is 42.1 Å². The van der Waals surface area contributed by atoms with Crippen molar-refractivity contribution < 1.29 is 123 Å². The van der Waals surface area contributed by atoms with Crippen LogP contribution in [0.3, 0.4) is 0 Å². The number of hydrogen-bond donors (Lipinski definition) is 17. The monoisotopic (exact) mass is 1080 g/mol. The second-order valence-corrected chi connectivity index (χ2v) is 22.9. The standard InChI is InChI=1S/C36H64N4O25S4/c1-69(58,59)68-11-3-2-4-14(41)37-5-8-40(9-6-38-15(42)12-66-35-25(52)19(46)27(31(56)64-35)60-33-23(50)17(44)21(48)29(54)62-33)10-7-39-16(43)13-67-36-26(53)20(47)28(32(57)65-36)61-34-24(51)18(45)22(49)30(55)63-34/h17-36,44-57H,2-13H2,1H3,(H,37,41)(H,38,42)(H,39,43)/t17-,18-,19+,20+,21+,22+,23+,24+,25+,26+,27+,28+,29-,30-,31-,32-,33?,34?,35-,36-/m0/s1.